The number of aliphatic hydroxyl groups excluding tert-OH is 1. The summed E-state index contributed by atoms with van der Waals surface area (Å²) in [5.41, 5.74) is 2.40. The number of hydrogen-bond donors (Lipinski definition) is 4. The number of allylic oxidation sites excluding steroid dienone is 1. The summed E-state index contributed by atoms with van der Waals surface area (Å²) < 4.78 is 0. The van der Waals surface area contributed by atoms with Crippen LogP contribution in [0.15, 0.2) is 36.4 Å². The topological polar surface area (TPSA) is 111 Å². The molecule has 0 saturated carbocycles. The van der Waals surface area contributed by atoms with Gasteiger partial charge in [-0.1, -0.05) is 56.5 Å². The summed E-state index contributed by atoms with van der Waals surface area (Å²) in [6, 6.07) is 9.82. The normalized spacial score (nSPS) is 13.2. The van der Waals surface area contributed by atoms with E-state index in [1.165, 1.54) is 0 Å². The number of aromatic nitrogens is 1. The molecule has 0 fully saturated rings. The second kappa shape index (κ2) is 11.0. The first kappa shape index (κ1) is 23.0. The summed E-state index contributed by atoms with van der Waals surface area (Å²) in [6.45, 7) is 2.13. The predicted octanol–water partition coefficient (Wildman–Crippen LogP) is 4.19. The maximum atomic E-state index is 10.7. The van der Waals surface area contributed by atoms with E-state index in [-0.39, 0.29) is 6.42 Å². The van der Waals surface area contributed by atoms with Crippen LogP contribution in [-0.4, -0.2) is 37.2 Å². The zero-order valence-corrected chi connectivity index (χ0v) is 16.9. The molecule has 29 heavy (non-hydrogen) atoms. The molecule has 1 aromatic carbocycles. The fourth-order valence-corrected chi connectivity index (χ4v) is 3.22. The lowest BCUT2D eigenvalue weighted by molar-refractivity contribution is -0.205. The molecule has 2 rings (SSSR count). The van der Waals surface area contributed by atoms with Crippen LogP contribution in [0.2, 0.25) is 0 Å². The Morgan fingerprint density at radius 2 is 1.93 bits per heavy atom. The zero-order valence-electron chi connectivity index (χ0n) is 16.9. The average Bonchev–Trinajstić information content (AvgIpc) is 2.69. The third-order valence-electron chi connectivity index (χ3n) is 4.97. The Kier molecular flexibility index (Phi) is 8.76. The minimum Gasteiger partial charge on any atom is -0.477 e. The van der Waals surface area contributed by atoms with E-state index in [4.69, 9.17) is 5.11 Å². The number of pyridine rings is 1. The molecule has 0 aliphatic rings. The molecule has 0 unspecified atom stereocenters. The van der Waals surface area contributed by atoms with Crippen LogP contribution >= 0.6 is 0 Å². The number of aliphatic hydroxyl groups is 3. The fraction of sp³-hybridized carbons (Fsp3) is 0.478. The summed E-state index contributed by atoms with van der Waals surface area (Å²) in [4.78, 5) is 15.4. The van der Waals surface area contributed by atoms with Crippen molar-refractivity contribution < 1.29 is 25.2 Å². The van der Waals surface area contributed by atoms with Crippen LogP contribution in [0.5, 0.6) is 0 Å². The summed E-state index contributed by atoms with van der Waals surface area (Å²) >= 11 is 0. The Bertz CT molecular complexity index is 831. The lowest BCUT2D eigenvalue weighted by Crippen LogP contribution is -2.37. The number of benzene rings is 1. The molecule has 0 saturated heterocycles. The molecule has 0 aliphatic heterocycles. The van der Waals surface area contributed by atoms with Crippen LogP contribution in [0.1, 0.15) is 75.7 Å². The van der Waals surface area contributed by atoms with Crippen LogP contribution in [0.4, 0.5) is 0 Å². The van der Waals surface area contributed by atoms with Crippen molar-refractivity contribution in [1.82, 2.24) is 4.98 Å². The first-order valence-corrected chi connectivity index (χ1v) is 10.3. The van der Waals surface area contributed by atoms with Crippen LogP contribution in [0.25, 0.3) is 17.0 Å². The van der Waals surface area contributed by atoms with Crippen molar-refractivity contribution in [2.24, 2.45) is 0 Å². The number of nitrogens with zero attached hydrogens (tertiary/aromatic N) is 1. The Labute approximate surface area is 171 Å². The monoisotopic (exact) mass is 401 g/mol. The smallest absolute Gasteiger partial charge is 0.364 e. The summed E-state index contributed by atoms with van der Waals surface area (Å²) in [5, 5.41) is 39.0. The maximum Gasteiger partial charge on any atom is 0.364 e. The van der Waals surface area contributed by atoms with E-state index >= 15 is 0 Å². The minimum absolute atomic E-state index is 0.213. The van der Waals surface area contributed by atoms with Crippen LogP contribution in [-0.2, 0) is 4.79 Å². The maximum absolute atomic E-state index is 10.7. The van der Waals surface area contributed by atoms with E-state index in [1.807, 2.05) is 42.5 Å². The van der Waals surface area contributed by atoms with Crippen LogP contribution in [0, 0.1) is 0 Å². The summed E-state index contributed by atoms with van der Waals surface area (Å²) in [6.07, 6.45) is 8.50. The Morgan fingerprint density at radius 3 is 2.66 bits per heavy atom. The standard InChI is InChI=1S/C23H31NO5/c1-2-3-6-14-20(25)21-18(16-17-11-8-9-13-19(17)24-21)12-7-4-5-10-15-23(28,29)22(26)27/h7-9,11-13,16,20,25,28-29H,2-6,10,14-15H2,1H3,(H,26,27)/b12-7+/t20-/m1/s1. The number of fused-ring (bicyclic) bond motifs is 1. The molecular weight excluding hydrogens is 370 g/mol. The number of unbranched alkanes of at least 4 members (excludes halogenated alkanes) is 4. The molecule has 4 N–H and O–H groups in total. The predicted molar refractivity (Wildman–Crippen MR) is 113 cm³/mol. The number of hydrogen-bond acceptors (Lipinski definition) is 5. The fourth-order valence-electron chi connectivity index (χ4n) is 3.22. The van der Waals surface area contributed by atoms with Crippen molar-refractivity contribution in [2.45, 2.75) is 70.2 Å². The molecule has 1 heterocycles. The van der Waals surface area contributed by atoms with E-state index in [2.05, 4.69) is 11.9 Å². The van der Waals surface area contributed by atoms with Crippen molar-refractivity contribution in [3.8, 4) is 0 Å². The van der Waals surface area contributed by atoms with Gasteiger partial charge in [0.15, 0.2) is 0 Å². The van der Waals surface area contributed by atoms with Gasteiger partial charge in [-0.3, -0.25) is 0 Å². The van der Waals surface area contributed by atoms with Gasteiger partial charge in [-0.05, 0) is 43.4 Å². The first-order valence-electron chi connectivity index (χ1n) is 10.3. The number of rotatable bonds is 12. The van der Waals surface area contributed by atoms with Gasteiger partial charge < -0.3 is 20.4 Å². The molecule has 6 heteroatoms. The molecule has 6 nitrogen and oxygen atoms in total. The summed E-state index contributed by atoms with van der Waals surface area (Å²) in [5.74, 6) is -4.29. The van der Waals surface area contributed by atoms with Gasteiger partial charge in [0.05, 0.1) is 17.3 Å². The number of carboxylic acid groups (broad SMARTS) is 1. The van der Waals surface area contributed by atoms with Crippen molar-refractivity contribution in [1.29, 1.82) is 0 Å². The van der Waals surface area contributed by atoms with E-state index in [0.29, 0.717) is 31.4 Å². The molecule has 1 atom stereocenters. The summed E-state index contributed by atoms with van der Waals surface area (Å²) in [7, 11) is 0. The molecular formula is C23H31NO5. The van der Waals surface area contributed by atoms with Gasteiger partial charge in [0, 0.05) is 11.8 Å². The van der Waals surface area contributed by atoms with Crippen molar-refractivity contribution in [2.75, 3.05) is 0 Å². The first-order chi connectivity index (χ1) is 13.8. The molecule has 1 aromatic heterocycles. The van der Waals surface area contributed by atoms with Gasteiger partial charge in [0.25, 0.3) is 5.79 Å². The largest absolute Gasteiger partial charge is 0.477 e. The molecule has 0 bridgehead atoms. The van der Waals surface area contributed by atoms with E-state index in [9.17, 15) is 20.1 Å². The Hall–Kier alpha value is -2.28. The number of para-hydroxylation sites is 1. The second-order valence-electron chi connectivity index (χ2n) is 7.44. The van der Waals surface area contributed by atoms with E-state index in [0.717, 1.165) is 35.7 Å². The Morgan fingerprint density at radius 1 is 1.17 bits per heavy atom. The SMILES string of the molecule is CCCCC[C@@H](O)c1nc2ccccc2cc1/C=C/CCCCC(O)(O)C(=O)O. The Balaban J connectivity index is 2.06. The molecule has 2 aromatic rings. The van der Waals surface area contributed by atoms with Crippen LogP contribution < -0.4 is 0 Å². The quantitative estimate of drug-likeness (QED) is 0.313. The third-order valence-corrected chi connectivity index (χ3v) is 4.97. The molecule has 0 aliphatic carbocycles. The third kappa shape index (κ3) is 6.92. The highest BCUT2D eigenvalue weighted by Gasteiger charge is 2.31. The van der Waals surface area contributed by atoms with Gasteiger partial charge in [0.1, 0.15) is 0 Å². The number of carbonyl (C=O) groups is 1. The lowest BCUT2D eigenvalue weighted by atomic mass is 10.0. The van der Waals surface area contributed by atoms with Gasteiger partial charge in [-0.25, -0.2) is 9.78 Å². The number of aliphatic carboxylic acids is 1. The lowest BCUT2D eigenvalue weighted by Gasteiger charge is -2.15. The van der Waals surface area contributed by atoms with Crippen LogP contribution in [0.3, 0.4) is 0 Å². The van der Waals surface area contributed by atoms with Crippen molar-refractivity contribution >= 4 is 22.9 Å². The van der Waals surface area contributed by atoms with Gasteiger partial charge >= 0.3 is 5.97 Å². The molecule has 0 amide bonds. The van der Waals surface area contributed by atoms with Gasteiger partial charge in [0.2, 0.25) is 0 Å². The van der Waals surface area contributed by atoms with Crippen molar-refractivity contribution in [3.63, 3.8) is 0 Å². The molecule has 158 valence electrons. The number of carboxylic acids is 1. The highest BCUT2D eigenvalue weighted by Crippen LogP contribution is 2.26. The molecule has 0 radical (unpaired) electrons. The van der Waals surface area contributed by atoms with Gasteiger partial charge in [-0.15, -0.1) is 0 Å². The highest BCUT2D eigenvalue weighted by atomic mass is 16.5. The van der Waals surface area contributed by atoms with Crippen molar-refractivity contribution in [3.05, 3.63) is 47.7 Å². The average molecular weight is 402 g/mol. The minimum atomic E-state index is -2.66. The molecule has 0 spiro atoms. The van der Waals surface area contributed by atoms with E-state index < -0.39 is 17.9 Å². The highest BCUT2D eigenvalue weighted by molar-refractivity contribution is 5.81. The van der Waals surface area contributed by atoms with Gasteiger partial charge in [-0.2, -0.15) is 0 Å². The second-order valence-corrected chi connectivity index (χ2v) is 7.44. The van der Waals surface area contributed by atoms with E-state index in [1.54, 1.807) is 0 Å². The zero-order chi connectivity index (χ0) is 21.3.